The highest BCUT2D eigenvalue weighted by atomic mass is 16.5. The molecule has 368 valence electrons. The van der Waals surface area contributed by atoms with Crippen molar-refractivity contribution in [2.75, 3.05) is 13.2 Å². The molecule has 0 saturated heterocycles. The van der Waals surface area contributed by atoms with E-state index in [1.165, 1.54) is 161 Å². The Hall–Kier alpha value is -2.18. The van der Waals surface area contributed by atoms with E-state index in [1.54, 1.807) is 6.08 Å². The molecule has 0 aliphatic heterocycles. The molecule has 0 spiro atoms. The van der Waals surface area contributed by atoms with Crippen LogP contribution >= 0.6 is 0 Å². The van der Waals surface area contributed by atoms with E-state index in [-0.39, 0.29) is 18.5 Å². The van der Waals surface area contributed by atoms with Gasteiger partial charge < -0.3 is 20.3 Å². The number of hydrogen-bond acceptors (Lipinski definition) is 5. The summed E-state index contributed by atoms with van der Waals surface area (Å²) in [6, 6.07) is -0.656. The highest BCUT2D eigenvalue weighted by Crippen LogP contribution is 2.16. The summed E-state index contributed by atoms with van der Waals surface area (Å²) in [6.45, 7) is 4.79. The van der Waals surface area contributed by atoms with Crippen LogP contribution in [0.15, 0.2) is 48.6 Å². The van der Waals surface area contributed by atoms with Gasteiger partial charge >= 0.3 is 5.97 Å². The third-order valence-corrected chi connectivity index (χ3v) is 12.3. The number of ether oxygens (including phenoxy) is 1. The minimum absolute atomic E-state index is 0.0522. The number of esters is 1. The molecule has 6 heteroatoms. The van der Waals surface area contributed by atoms with Crippen LogP contribution in [0.4, 0.5) is 0 Å². The van der Waals surface area contributed by atoms with Crippen LogP contribution in [-0.4, -0.2) is 47.4 Å². The molecular formula is C57H105NO5. The minimum atomic E-state index is -0.869. The highest BCUT2D eigenvalue weighted by molar-refractivity contribution is 5.76. The van der Waals surface area contributed by atoms with Crippen LogP contribution < -0.4 is 5.32 Å². The van der Waals surface area contributed by atoms with E-state index < -0.39 is 12.1 Å². The second-order valence-corrected chi connectivity index (χ2v) is 18.5. The van der Waals surface area contributed by atoms with Crippen LogP contribution in [0.25, 0.3) is 0 Å². The van der Waals surface area contributed by atoms with E-state index in [0.29, 0.717) is 19.4 Å². The number of unbranched alkanes of at least 4 members (excludes halogenated alkanes) is 33. The molecular weight excluding hydrogens is 779 g/mol. The van der Waals surface area contributed by atoms with Crippen molar-refractivity contribution in [2.24, 2.45) is 0 Å². The van der Waals surface area contributed by atoms with Crippen molar-refractivity contribution in [2.45, 2.75) is 289 Å². The molecule has 0 saturated carbocycles. The predicted octanol–water partition coefficient (Wildman–Crippen LogP) is 16.6. The Morgan fingerprint density at radius 3 is 1.24 bits per heavy atom. The summed E-state index contributed by atoms with van der Waals surface area (Å²) in [6.07, 6.45) is 65.5. The van der Waals surface area contributed by atoms with Crippen molar-refractivity contribution in [1.29, 1.82) is 0 Å². The van der Waals surface area contributed by atoms with E-state index in [4.69, 9.17) is 4.74 Å². The Labute approximate surface area is 391 Å². The van der Waals surface area contributed by atoms with Gasteiger partial charge in [0, 0.05) is 12.8 Å². The molecule has 0 fully saturated rings. The van der Waals surface area contributed by atoms with Crippen LogP contribution in [-0.2, 0) is 14.3 Å². The zero-order valence-corrected chi connectivity index (χ0v) is 41.8. The van der Waals surface area contributed by atoms with Crippen LogP contribution in [0.3, 0.4) is 0 Å². The Morgan fingerprint density at radius 1 is 0.444 bits per heavy atom. The third kappa shape index (κ3) is 49.1. The molecule has 3 N–H and O–H groups in total. The van der Waals surface area contributed by atoms with E-state index in [2.05, 4.69) is 55.6 Å². The number of nitrogens with one attached hydrogen (secondary N) is 1. The topological polar surface area (TPSA) is 95.9 Å². The smallest absolute Gasteiger partial charge is 0.305 e. The largest absolute Gasteiger partial charge is 0.466 e. The molecule has 0 bridgehead atoms. The molecule has 0 aromatic heterocycles. The van der Waals surface area contributed by atoms with Gasteiger partial charge in [0.1, 0.15) is 0 Å². The molecule has 1 amide bonds. The van der Waals surface area contributed by atoms with Gasteiger partial charge in [0.25, 0.3) is 0 Å². The summed E-state index contributed by atoms with van der Waals surface area (Å²) >= 11 is 0. The minimum Gasteiger partial charge on any atom is -0.466 e. The molecule has 6 nitrogen and oxygen atoms in total. The maximum Gasteiger partial charge on any atom is 0.305 e. The summed E-state index contributed by atoms with van der Waals surface area (Å²) in [4.78, 5) is 24.5. The van der Waals surface area contributed by atoms with Crippen LogP contribution in [0.2, 0.25) is 0 Å². The lowest BCUT2D eigenvalue weighted by atomic mass is 10.0. The molecule has 0 radical (unpaired) electrons. The Morgan fingerprint density at radius 2 is 0.794 bits per heavy atom. The van der Waals surface area contributed by atoms with Gasteiger partial charge in [0.15, 0.2) is 0 Å². The van der Waals surface area contributed by atoms with E-state index in [0.717, 1.165) is 89.9 Å². The summed E-state index contributed by atoms with van der Waals surface area (Å²) in [5, 5.41) is 23.1. The van der Waals surface area contributed by atoms with E-state index >= 15 is 0 Å². The number of aliphatic hydroxyl groups is 2. The van der Waals surface area contributed by atoms with E-state index in [1.807, 2.05) is 6.08 Å². The first kappa shape index (κ1) is 60.8. The number of hydrogen-bond donors (Lipinski definition) is 3. The van der Waals surface area contributed by atoms with Crippen molar-refractivity contribution >= 4 is 11.9 Å². The normalized spacial score (nSPS) is 13.0. The zero-order valence-electron chi connectivity index (χ0n) is 41.8. The predicted molar refractivity (Wildman–Crippen MR) is 273 cm³/mol. The lowest BCUT2D eigenvalue weighted by Gasteiger charge is -2.20. The van der Waals surface area contributed by atoms with Gasteiger partial charge in [-0.05, 0) is 89.9 Å². The lowest BCUT2D eigenvalue weighted by molar-refractivity contribution is -0.143. The molecule has 0 aromatic rings. The first-order valence-corrected chi connectivity index (χ1v) is 27.4. The van der Waals surface area contributed by atoms with Gasteiger partial charge in [-0.2, -0.15) is 0 Å². The average molecular weight is 884 g/mol. The van der Waals surface area contributed by atoms with Crippen molar-refractivity contribution < 1.29 is 24.5 Å². The van der Waals surface area contributed by atoms with Gasteiger partial charge in [-0.3, -0.25) is 9.59 Å². The van der Waals surface area contributed by atoms with Crippen LogP contribution in [0.5, 0.6) is 0 Å². The molecule has 2 atom stereocenters. The van der Waals surface area contributed by atoms with Crippen molar-refractivity contribution in [3.63, 3.8) is 0 Å². The number of amides is 1. The van der Waals surface area contributed by atoms with Crippen LogP contribution in [0.1, 0.15) is 277 Å². The average Bonchev–Trinajstić information content (AvgIpc) is 3.28. The molecule has 63 heavy (non-hydrogen) atoms. The second kappa shape index (κ2) is 52.4. The second-order valence-electron chi connectivity index (χ2n) is 18.5. The molecule has 0 heterocycles. The number of aliphatic hydroxyl groups excluding tert-OH is 2. The molecule has 0 aromatic carbocycles. The Bertz CT molecular complexity index is 1070. The van der Waals surface area contributed by atoms with Crippen molar-refractivity contribution in [3.05, 3.63) is 48.6 Å². The first-order valence-electron chi connectivity index (χ1n) is 27.4. The third-order valence-electron chi connectivity index (χ3n) is 12.3. The van der Waals surface area contributed by atoms with E-state index in [9.17, 15) is 19.8 Å². The monoisotopic (exact) mass is 884 g/mol. The maximum absolute atomic E-state index is 12.5. The zero-order chi connectivity index (χ0) is 45.8. The molecule has 0 aliphatic rings. The Kier molecular flexibility index (Phi) is 50.6. The van der Waals surface area contributed by atoms with Crippen molar-refractivity contribution in [1.82, 2.24) is 5.32 Å². The highest BCUT2D eigenvalue weighted by Gasteiger charge is 2.18. The quantitative estimate of drug-likeness (QED) is 0.0321. The number of carbonyl (C=O) groups is 2. The summed E-state index contributed by atoms with van der Waals surface area (Å²) in [7, 11) is 0. The molecule has 0 rings (SSSR count). The maximum atomic E-state index is 12.5. The Balaban J connectivity index is 3.58. The first-order chi connectivity index (χ1) is 31.0. The molecule has 0 aliphatic carbocycles. The number of allylic oxidation sites excluding steroid dienone is 7. The molecule has 2 unspecified atom stereocenters. The fourth-order valence-corrected chi connectivity index (χ4v) is 8.07. The van der Waals surface area contributed by atoms with Gasteiger partial charge in [-0.15, -0.1) is 0 Å². The van der Waals surface area contributed by atoms with Crippen molar-refractivity contribution in [3.8, 4) is 0 Å². The summed E-state index contributed by atoms with van der Waals surface area (Å²) in [5.74, 6) is -0.157. The van der Waals surface area contributed by atoms with Gasteiger partial charge in [-0.25, -0.2) is 0 Å². The van der Waals surface area contributed by atoms with Gasteiger partial charge in [-0.1, -0.05) is 223 Å². The number of carbonyl (C=O) groups excluding carboxylic acids is 2. The summed E-state index contributed by atoms with van der Waals surface area (Å²) < 4.78 is 5.43. The fourth-order valence-electron chi connectivity index (χ4n) is 8.07. The summed E-state index contributed by atoms with van der Waals surface area (Å²) in [5.41, 5.74) is 0. The van der Waals surface area contributed by atoms with Gasteiger partial charge in [0.2, 0.25) is 5.91 Å². The van der Waals surface area contributed by atoms with Gasteiger partial charge in [0.05, 0.1) is 25.4 Å². The number of rotatable bonds is 50. The van der Waals surface area contributed by atoms with Crippen LogP contribution in [0, 0.1) is 0 Å². The standard InChI is InChI=1S/C57H105NO5/c1-3-5-7-9-11-13-15-17-19-21-22-23-24-25-27-29-33-37-41-45-49-55(60)54(53-59)58-56(61)50-46-42-38-34-31-32-36-40-44-48-52-63-57(62)51-47-43-39-35-30-28-26-20-18-16-14-12-10-8-6-4-2/h14,16,20,26,32,36,45,49,54-55,59-60H,3-13,15,17-19,21-25,27-31,33-35,37-44,46-48,50-53H2,1-2H3,(H,58,61)/b16-14-,26-20-,36-32-,49-45+. The lowest BCUT2D eigenvalue weighted by Crippen LogP contribution is -2.45. The SMILES string of the molecule is CCCCCC/C=C\C/C=C\CCCCCCCC(=O)OCCCC/C=C\CCCCCCC(=O)NC(CO)C(O)/C=C/CCCCCCCCCCCCCCCCCCCC. The fraction of sp³-hybridized carbons (Fsp3) is 0.825.